The number of anilines is 1. The number of ketones is 1. The van der Waals surface area contributed by atoms with Gasteiger partial charge in [-0.2, -0.15) is 10.3 Å². The van der Waals surface area contributed by atoms with Gasteiger partial charge in [0.15, 0.2) is 5.78 Å². The summed E-state index contributed by atoms with van der Waals surface area (Å²) in [5.41, 5.74) is 5.08. The van der Waals surface area contributed by atoms with Crippen LogP contribution in [-0.4, -0.2) is 17.3 Å². The van der Waals surface area contributed by atoms with Gasteiger partial charge in [-0.15, -0.1) is 0 Å². The molecule has 0 aromatic heterocycles. The first-order valence-corrected chi connectivity index (χ1v) is 5.84. The number of nitrogens with one attached hydrogen (secondary N) is 1. The van der Waals surface area contributed by atoms with E-state index in [-0.39, 0.29) is 24.3 Å². The molecule has 86 valence electrons. The molecule has 0 amide bonds. The first kappa shape index (κ1) is 10.3. The standard InChI is InChI=1S/C13H13N3O/c14-7-8-16-12(13(17)9-5-6-9)10-3-1-2-4-11(10)15-16/h1-4,9,12,15H,5-6,8H2. The van der Waals surface area contributed by atoms with Crippen LogP contribution in [0.1, 0.15) is 24.4 Å². The molecule has 1 fully saturated rings. The summed E-state index contributed by atoms with van der Waals surface area (Å²) in [6, 6.07) is 9.59. The van der Waals surface area contributed by atoms with Crippen LogP contribution >= 0.6 is 0 Å². The predicted molar refractivity (Wildman–Crippen MR) is 62.9 cm³/mol. The van der Waals surface area contributed by atoms with Crippen molar-refractivity contribution in [1.29, 1.82) is 5.26 Å². The molecule has 17 heavy (non-hydrogen) atoms. The number of fused-ring (bicyclic) bond motifs is 1. The molecule has 0 saturated heterocycles. The monoisotopic (exact) mass is 227 g/mol. The lowest BCUT2D eigenvalue weighted by Gasteiger charge is -2.20. The van der Waals surface area contributed by atoms with Gasteiger partial charge in [0.2, 0.25) is 0 Å². The van der Waals surface area contributed by atoms with E-state index in [9.17, 15) is 4.79 Å². The average Bonchev–Trinajstić information content (AvgIpc) is 3.11. The highest BCUT2D eigenvalue weighted by Crippen LogP contribution is 2.42. The first-order valence-electron chi connectivity index (χ1n) is 5.84. The fourth-order valence-electron chi connectivity index (χ4n) is 2.33. The maximum atomic E-state index is 12.3. The first-order chi connectivity index (χ1) is 8.31. The summed E-state index contributed by atoms with van der Waals surface area (Å²) in [5.74, 6) is 0.451. The summed E-state index contributed by atoms with van der Waals surface area (Å²) in [5, 5.41) is 10.6. The zero-order chi connectivity index (χ0) is 11.8. The number of hydrogen-bond acceptors (Lipinski definition) is 4. The van der Waals surface area contributed by atoms with E-state index >= 15 is 0 Å². The fraction of sp³-hybridized carbons (Fsp3) is 0.385. The van der Waals surface area contributed by atoms with Crippen LogP contribution in [0.3, 0.4) is 0 Å². The smallest absolute Gasteiger partial charge is 0.159 e. The maximum absolute atomic E-state index is 12.3. The third-order valence-electron chi connectivity index (χ3n) is 3.32. The van der Waals surface area contributed by atoms with Gasteiger partial charge < -0.3 is 5.43 Å². The van der Waals surface area contributed by atoms with E-state index in [1.807, 2.05) is 24.3 Å². The summed E-state index contributed by atoms with van der Waals surface area (Å²) in [6.07, 6.45) is 2.00. The minimum absolute atomic E-state index is 0.203. The molecule has 2 aliphatic rings. The molecular weight excluding hydrogens is 214 g/mol. The Bertz CT molecular complexity index is 502. The molecule has 0 bridgehead atoms. The third-order valence-corrected chi connectivity index (χ3v) is 3.32. The molecule has 1 aliphatic heterocycles. The van der Waals surface area contributed by atoms with E-state index in [2.05, 4.69) is 11.5 Å². The Morgan fingerprint density at radius 1 is 1.47 bits per heavy atom. The number of nitrogens with zero attached hydrogens (tertiary/aromatic N) is 2. The van der Waals surface area contributed by atoms with Gasteiger partial charge in [0.1, 0.15) is 12.6 Å². The van der Waals surface area contributed by atoms with E-state index in [4.69, 9.17) is 5.26 Å². The molecule has 0 spiro atoms. The van der Waals surface area contributed by atoms with Gasteiger partial charge in [-0.25, -0.2) is 0 Å². The lowest BCUT2D eigenvalue weighted by molar-refractivity contribution is -0.124. The van der Waals surface area contributed by atoms with Crippen molar-refractivity contribution in [2.24, 2.45) is 5.92 Å². The quantitative estimate of drug-likeness (QED) is 0.801. The molecule has 1 atom stereocenters. The molecular formula is C13H13N3O. The number of nitriles is 1. The normalized spacial score (nSPS) is 22.6. The molecule has 1 aromatic rings. The average molecular weight is 227 g/mol. The number of carbonyl (C=O) groups excluding carboxylic acids is 1. The number of hydrogen-bond donors (Lipinski definition) is 1. The Labute approximate surface area is 99.8 Å². The van der Waals surface area contributed by atoms with E-state index < -0.39 is 0 Å². The number of rotatable bonds is 3. The number of Topliss-reactive ketones (excluding diaryl/α,β-unsaturated/α-hetero) is 1. The van der Waals surface area contributed by atoms with Crippen molar-refractivity contribution in [3.63, 3.8) is 0 Å². The highest BCUT2D eigenvalue weighted by molar-refractivity contribution is 5.92. The lowest BCUT2D eigenvalue weighted by Crippen LogP contribution is -2.33. The van der Waals surface area contributed by atoms with Crippen molar-refractivity contribution in [1.82, 2.24) is 5.01 Å². The van der Waals surface area contributed by atoms with Crippen molar-refractivity contribution in [2.75, 3.05) is 12.0 Å². The number of para-hydroxylation sites is 1. The Balaban J connectivity index is 1.95. The van der Waals surface area contributed by atoms with Crippen molar-refractivity contribution < 1.29 is 4.79 Å². The van der Waals surface area contributed by atoms with Crippen LogP contribution in [0.2, 0.25) is 0 Å². The van der Waals surface area contributed by atoms with Gasteiger partial charge in [-0.05, 0) is 18.9 Å². The minimum Gasteiger partial charge on any atom is -0.317 e. The van der Waals surface area contributed by atoms with Gasteiger partial charge in [0.05, 0.1) is 11.8 Å². The van der Waals surface area contributed by atoms with Crippen molar-refractivity contribution in [3.05, 3.63) is 29.8 Å². The van der Waals surface area contributed by atoms with Crippen molar-refractivity contribution in [3.8, 4) is 6.07 Å². The second-order valence-electron chi connectivity index (χ2n) is 4.56. The molecule has 3 rings (SSSR count). The molecule has 1 aliphatic carbocycles. The Hall–Kier alpha value is -1.86. The van der Waals surface area contributed by atoms with Crippen LogP contribution in [-0.2, 0) is 4.79 Å². The molecule has 1 aromatic carbocycles. The second-order valence-corrected chi connectivity index (χ2v) is 4.56. The molecule has 4 heteroatoms. The highest BCUT2D eigenvalue weighted by atomic mass is 16.1. The maximum Gasteiger partial charge on any atom is 0.159 e. The summed E-state index contributed by atoms with van der Waals surface area (Å²) in [4.78, 5) is 12.3. The van der Waals surface area contributed by atoms with Gasteiger partial charge in [0.25, 0.3) is 0 Å². The fourth-order valence-corrected chi connectivity index (χ4v) is 2.33. The topological polar surface area (TPSA) is 56.1 Å². The summed E-state index contributed by atoms with van der Waals surface area (Å²) < 4.78 is 0. The number of benzene rings is 1. The molecule has 1 saturated carbocycles. The van der Waals surface area contributed by atoms with Gasteiger partial charge in [-0.1, -0.05) is 18.2 Å². The van der Waals surface area contributed by atoms with Gasteiger partial charge in [-0.3, -0.25) is 4.79 Å². The zero-order valence-corrected chi connectivity index (χ0v) is 9.39. The van der Waals surface area contributed by atoms with Crippen molar-refractivity contribution in [2.45, 2.75) is 18.9 Å². The molecule has 0 radical (unpaired) electrons. The highest BCUT2D eigenvalue weighted by Gasteiger charge is 2.42. The molecule has 4 nitrogen and oxygen atoms in total. The predicted octanol–water partition coefficient (Wildman–Crippen LogP) is 1.87. The van der Waals surface area contributed by atoms with E-state index in [1.165, 1.54) is 0 Å². The van der Waals surface area contributed by atoms with Crippen LogP contribution < -0.4 is 5.43 Å². The van der Waals surface area contributed by atoms with E-state index in [0.29, 0.717) is 0 Å². The summed E-state index contributed by atoms with van der Waals surface area (Å²) in [7, 11) is 0. The zero-order valence-electron chi connectivity index (χ0n) is 9.39. The SMILES string of the molecule is N#CCN1Nc2ccccc2C1C(=O)C1CC1. The Kier molecular flexibility index (Phi) is 2.34. The van der Waals surface area contributed by atoms with Crippen LogP contribution in [0.4, 0.5) is 5.69 Å². The van der Waals surface area contributed by atoms with Crippen molar-refractivity contribution >= 4 is 11.5 Å². The molecule has 1 heterocycles. The molecule has 1 unspecified atom stereocenters. The van der Waals surface area contributed by atoms with Crippen LogP contribution in [0.15, 0.2) is 24.3 Å². The lowest BCUT2D eigenvalue weighted by atomic mass is 9.99. The third kappa shape index (κ3) is 1.69. The van der Waals surface area contributed by atoms with Crippen LogP contribution in [0.5, 0.6) is 0 Å². The Morgan fingerprint density at radius 2 is 2.24 bits per heavy atom. The van der Waals surface area contributed by atoms with E-state index in [1.54, 1.807) is 5.01 Å². The van der Waals surface area contributed by atoms with Crippen LogP contribution in [0, 0.1) is 17.2 Å². The molecule has 1 N–H and O–H groups in total. The number of carbonyl (C=O) groups is 1. The largest absolute Gasteiger partial charge is 0.317 e. The minimum atomic E-state index is -0.279. The number of hydrazine groups is 1. The Morgan fingerprint density at radius 3 is 2.94 bits per heavy atom. The van der Waals surface area contributed by atoms with Gasteiger partial charge >= 0.3 is 0 Å². The van der Waals surface area contributed by atoms with Gasteiger partial charge in [0, 0.05) is 11.5 Å². The van der Waals surface area contributed by atoms with E-state index in [0.717, 1.165) is 24.1 Å². The second kappa shape index (κ2) is 3.86. The summed E-state index contributed by atoms with van der Waals surface area (Å²) in [6.45, 7) is 0.220. The summed E-state index contributed by atoms with van der Waals surface area (Å²) >= 11 is 0. The van der Waals surface area contributed by atoms with Crippen LogP contribution in [0.25, 0.3) is 0 Å².